The highest BCUT2D eigenvalue weighted by Gasteiger charge is 2.10. The van der Waals surface area contributed by atoms with Crippen LogP contribution in [-0.4, -0.2) is 27.2 Å². The summed E-state index contributed by atoms with van der Waals surface area (Å²) >= 11 is 0. The van der Waals surface area contributed by atoms with Crippen LogP contribution in [0.3, 0.4) is 0 Å². The van der Waals surface area contributed by atoms with Crippen LogP contribution in [-0.2, 0) is 4.79 Å². The van der Waals surface area contributed by atoms with Crippen molar-refractivity contribution < 1.29 is 9.90 Å². The van der Waals surface area contributed by atoms with Gasteiger partial charge in [0.1, 0.15) is 0 Å². The highest BCUT2D eigenvalue weighted by molar-refractivity contribution is 5.74. The number of anilines is 1. The molecular formula is C7H9N4O4-. The summed E-state index contributed by atoms with van der Waals surface area (Å²) in [5.74, 6) is -1.60. The van der Waals surface area contributed by atoms with Gasteiger partial charge in [0.15, 0.2) is 0 Å². The number of hydrogen-bond acceptors (Lipinski definition) is 6. The maximum absolute atomic E-state index is 11.1. The van der Waals surface area contributed by atoms with Crippen LogP contribution in [0.2, 0.25) is 0 Å². The summed E-state index contributed by atoms with van der Waals surface area (Å²) in [6.07, 6.45) is 0.225. The second-order valence-corrected chi connectivity index (χ2v) is 2.78. The van der Waals surface area contributed by atoms with E-state index in [-0.39, 0.29) is 12.2 Å². The second-order valence-electron chi connectivity index (χ2n) is 2.78. The van der Waals surface area contributed by atoms with Gasteiger partial charge >= 0.3 is 5.69 Å². The first-order valence-corrected chi connectivity index (χ1v) is 4.21. The average Bonchev–Trinajstić information content (AvgIpc) is 2.16. The Bertz CT molecular complexity index is 463. The van der Waals surface area contributed by atoms with Crippen LogP contribution in [0.5, 0.6) is 0 Å². The SMILES string of the molecule is CC[C@@H](Nc1n[nH]c(=O)[nH]c1=O)C(=O)[O-]. The summed E-state index contributed by atoms with van der Waals surface area (Å²) in [5.41, 5.74) is -1.54. The molecule has 0 saturated carbocycles. The monoisotopic (exact) mass is 213 g/mol. The Kier molecular flexibility index (Phi) is 3.21. The summed E-state index contributed by atoms with van der Waals surface area (Å²) in [7, 11) is 0. The fraction of sp³-hybridized carbons (Fsp3) is 0.429. The van der Waals surface area contributed by atoms with E-state index < -0.39 is 23.3 Å². The number of rotatable bonds is 4. The van der Waals surface area contributed by atoms with E-state index in [1.807, 2.05) is 10.1 Å². The molecule has 0 spiro atoms. The van der Waals surface area contributed by atoms with Gasteiger partial charge in [-0.15, -0.1) is 5.10 Å². The first-order chi connectivity index (χ1) is 7.04. The fourth-order valence-corrected chi connectivity index (χ4v) is 0.938. The van der Waals surface area contributed by atoms with Gasteiger partial charge in [0, 0.05) is 0 Å². The highest BCUT2D eigenvalue weighted by atomic mass is 16.4. The van der Waals surface area contributed by atoms with Crippen LogP contribution >= 0.6 is 0 Å². The van der Waals surface area contributed by atoms with Crippen molar-refractivity contribution in [1.82, 2.24) is 15.2 Å². The Morgan fingerprint density at radius 2 is 2.27 bits per heavy atom. The maximum Gasteiger partial charge on any atom is 0.342 e. The molecule has 8 heteroatoms. The molecular weight excluding hydrogens is 204 g/mol. The van der Waals surface area contributed by atoms with Crippen molar-refractivity contribution in [3.8, 4) is 0 Å². The molecule has 0 amide bonds. The van der Waals surface area contributed by atoms with Crippen LogP contribution in [0.4, 0.5) is 5.82 Å². The lowest BCUT2D eigenvalue weighted by Gasteiger charge is -2.16. The molecule has 1 atom stereocenters. The van der Waals surface area contributed by atoms with Crippen LogP contribution in [0, 0.1) is 0 Å². The zero-order chi connectivity index (χ0) is 11.4. The van der Waals surface area contributed by atoms with E-state index in [0.717, 1.165) is 0 Å². The molecule has 0 aromatic carbocycles. The molecule has 1 aromatic rings. The van der Waals surface area contributed by atoms with Crippen molar-refractivity contribution in [2.45, 2.75) is 19.4 Å². The molecule has 1 rings (SSSR count). The van der Waals surface area contributed by atoms with E-state index in [9.17, 15) is 19.5 Å². The van der Waals surface area contributed by atoms with Crippen molar-refractivity contribution in [2.24, 2.45) is 0 Å². The van der Waals surface area contributed by atoms with E-state index in [2.05, 4.69) is 10.4 Å². The number of aliphatic carboxylic acids is 1. The molecule has 3 N–H and O–H groups in total. The topological polar surface area (TPSA) is 131 Å². The first kappa shape index (κ1) is 11.0. The zero-order valence-corrected chi connectivity index (χ0v) is 7.86. The largest absolute Gasteiger partial charge is 0.548 e. The van der Waals surface area contributed by atoms with Crippen molar-refractivity contribution in [1.29, 1.82) is 0 Å². The summed E-state index contributed by atoms with van der Waals surface area (Å²) in [6.45, 7) is 1.60. The number of nitrogens with one attached hydrogen (secondary N) is 3. The molecule has 0 fully saturated rings. The van der Waals surface area contributed by atoms with Gasteiger partial charge in [-0.2, -0.15) is 0 Å². The van der Waals surface area contributed by atoms with E-state index in [1.54, 1.807) is 6.92 Å². The summed E-state index contributed by atoms with van der Waals surface area (Å²) in [4.78, 5) is 34.1. The number of nitrogens with zero attached hydrogens (tertiary/aromatic N) is 1. The van der Waals surface area contributed by atoms with Crippen molar-refractivity contribution in [3.05, 3.63) is 20.8 Å². The minimum atomic E-state index is -1.34. The Morgan fingerprint density at radius 3 is 2.73 bits per heavy atom. The van der Waals surface area contributed by atoms with Gasteiger partial charge in [0.25, 0.3) is 5.56 Å². The van der Waals surface area contributed by atoms with Crippen molar-refractivity contribution >= 4 is 11.8 Å². The Labute approximate surface area is 83.3 Å². The van der Waals surface area contributed by atoms with Crippen LogP contribution in [0.25, 0.3) is 0 Å². The third-order valence-corrected chi connectivity index (χ3v) is 1.72. The second kappa shape index (κ2) is 4.40. The van der Waals surface area contributed by atoms with Crippen LogP contribution in [0.15, 0.2) is 9.59 Å². The number of carbonyl (C=O) groups is 1. The first-order valence-electron chi connectivity index (χ1n) is 4.21. The predicted molar refractivity (Wildman–Crippen MR) is 48.2 cm³/mol. The number of H-pyrrole nitrogens is 2. The molecule has 0 radical (unpaired) electrons. The minimum Gasteiger partial charge on any atom is -0.548 e. The van der Waals surface area contributed by atoms with E-state index >= 15 is 0 Å². The lowest BCUT2D eigenvalue weighted by molar-refractivity contribution is -0.306. The fourth-order valence-electron chi connectivity index (χ4n) is 0.938. The zero-order valence-electron chi connectivity index (χ0n) is 7.86. The molecule has 0 aliphatic heterocycles. The molecule has 0 saturated heterocycles. The van der Waals surface area contributed by atoms with Gasteiger partial charge < -0.3 is 15.2 Å². The van der Waals surface area contributed by atoms with Crippen molar-refractivity contribution in [2.75, 3.05) is 5.32 Å². The van der Waals surface area contributed by atoms with Crippen molar-refractivity contribution in [3.63, 3.8) is 0 Å². The normalized spacial score (nSPS) is 12.1. The molecule has 0 bridgehead atoms. The van der Waals surface area contributed by atoms with Gasteiger partial charge in [-0.3, -0.25) is 9.78 Å². The van der Waals surface area contributed by atoms with Gasteiger partial charge in [-0.05, 0) is 6.42 Å². The minimum absolute atomic E-state index is 0.225. The van der Waals surface area contributed by atoms with Crippen LogP contribution < -0.4 is 21.7 Å². The molecule has 0 aliphatic rings. The average molecular weight is 213 g/mol. The van der Waals surface area contributed by atoms with Gasteiger partial charge in [-0.1, -0.05) is 6.92 Å². The maximum atomic E-state index is 11.1. The predicted octanol–water partition coefficient (Wildman–Crippen LogP) is -2.60. The van der Waals surface area contributed by atoms with E-state index in [1.165, 1.54) is 0 Å². The standard InChI is InChI=1S/C7H10N4O4/c1-2-3(6(13)14)8-4-5(12)9-7(15)11-10-4/h3H,2H2,1H3,(H,8,10)(H,13,14)(H2,9,11,12,15)/p-1/t3-/m1/s1. The number of carboxylic acid groups (broad SMARTS) is 1. The van der Waals surface area contributed by atoms with E-state index in [4.69, 9.17) is 0 Å². The van der Waals surface area contributed by atoms with Gasteiger partial charge in [-0.25, -0.2) is 9.89 Å². The summed E-state index contributed by atoms with van der Waals surface area (Å²) in [5, 5.41) is 18.2. The van der Waals surface area contributed by atoms with Gasteiger partial charge in [0.05, 0.1) is 12.0 Å². The lowest BCUT2D eigenvalue weighted by atomic mass is 10.2. The Hall–Kier alpha value is -2.12. The quantitative estimate of drug-likeness (QED) is 0.502. The van der Waals surface area contributed by atoms with E-state index in [0.29, 0.717) is 0 Å². The Morgan fingerprint density at radius 1 is 1.60 bits per heavy atom. The van der Waals surface area contributed by atoms with Crippen LogP contribution in [0.1, 0.15) is 13.3 Å². The smallest absolute Gasteiger partial charge is 0.342 e. The molecule has 0 unspecified atom stereocenters. The number of aromatic amines is 2. The number of carboxylic acids is 1. The third kappa shape index (κ3) is 2.66. The molecule has 8 nitrogen and oxygen atoms in total. The lowest BCUT2D eigenvalue weighted by Crippen LogP contribution is -2.42. The summed E-state index contributed by atoms with van der Waals surface area (Å²) < 4.78 is 0. The molecule has 1 heterocycles. The number of hydrogen-bond donors (Lipinski definition) is 3. The van der Waals surface area contributed by atoms with Gasteiger partial charge in [0.2, 0.25) is 5.82 Å². The molecule has 15 heavy (non-hydrogen) atoms. The number of carbonyl (C=O) groups excluding carboxylic acids is 1. The Balaban J connectivity index is 2.94. The highest BCUT2D eigenvalue weighted by Crippen LogP contribution is 1.97. The number of aromatic nitrogens is 3. The third-order valence-electron chi connectivity index (χ3n) is 1.72. The molecule has 1 aromatic heterocycles. The summed E-state index contributed by atoms with van der Waals surface area (Å²) in [6, 6.07) is -1.02. The molecule has 0 aliphatic carbocycles. The molecule has 82 valence electrons.